The molecule has 0 aromatic carbocycles. The van der Waals surface area contributed by atoms with Gasteiger partial charge in [0.1, 0.15) is 0 Å². The number of imide groups is 2. The topological polar surface area (TPSA) is 130 Å². The highest BCUT2D eigenvalue weighted by atomic mass is 16.7. The Morgan fingerprint density at radius 2 is 1.71 bits per heavy atom. The van der Waals surface area contributed by atoms with Gasteiger partial charge >= 0.3 is 5.97 Å². The number of rotatable bonds is 6. The van der Waals surface area contributed by atoms with Gasteiger partial charge in [-0.15, -0.1) is 0 Å². The van der Waals surface area contributed by atoms with Gasteiger partial charge in [0.05, 0.1) is 6.42 Å². The van der Waals surface area contributed by atoms with Crippen LogP contribution >= 0.6 is 0 Å². The lowest BCUT2D eigenvalue weighted by Crippen LogP contribution is -2.35. The van der Waals surface area contributed by atoms with Crippen molar-refractivity contribution in [1.29, 1.82) is 0 Å². The number of hydroxylamine groups is 2. The van der Waals surface area contributed by atoms with Crippen LogP contribution < -0.4 is 5.32 Å². The average Bonchev–Trinajstić information content (AvgIpc) is 2.98. The van der Waals surface area contributed by atoms with Crippen LogP contribution in [-0.4, -0.2) is 59.1 Å². The van der Waals surface area contributed by atoms with Crippen molar-refractivity contribution in [2.24, 2.45) is 0 Å². The number of amides is 5. The maximum atomic E-state index is 12.1. The minimum atomic E-state index is -1.04. The molecule has 2 heterocycles. The van der Waals surface area contributed by atoms with E-state index in [-0.39, 0.29) is 29.5 Å². The Balaban J connectivity index is 1.92. The molecule has 10 nitrogen and oxygen atoms in total. The molecular formula is C14H13N3O7. The lowest BCUT2D eigenvalue weighted by molar-refractivity contribution is -0.195. The van der Waals surface area contributed by atoms with Crippen LogP contribution in [0.2, 0.25) is 0 Å². The summed E-state index contributed by atoms with van der Waals surface area (Å²) in [6.07, 6.45) is 2.17. The van der Waals surface area contributed by atoms with Gasteiger partial charge in [-0.05, 0) is 0 Å². The first-order valence-electron chi connectivity index (χ1n) is 6.87. The summed E-state index contributed by atoms with van der Waals surface area (Å²) in [6, 6.07) is 0. The van der Waals surface area contributed by atoms with E-state index in [1.54, 1.807) is 0 Å². The number of nitrogens with zero attached hydrogens (tertiary/aromatic N) is 2. The third-order valence-electron chi connectivity index (χ3n) is 3.22. The molecule has 2 aliphatic rings. The predicted molar refractivity (Wildman–Crippen MR) is 75.2 cm³/mol. The third kappa shape index (κ3) is 3.54. The summed E-state index contributed by atoms with van der Waals surface area (Å²) in [5, 5.41) is 2.61. The molecule has 0 atom stereocenters. The second-order valence-electron chi connectivity index (χ2n) is 4.83. The largest absolute Gasteiger partial charge is 0.359 e. The van der Waals surface area contributed by atoms with Crippen molar-refractivity contribution >= 4 is 35.5 Å². The fourth-order valence-electron chi connectivity index (χ4n) is 2.01. The molecule has 5 amide bonds. The highest BCUT2D eigenvalue weighted by Crippen LogP contribution is 2.18. The maximum Gasteiger partial charge on any atom is 0.337 e. The first-order valence-corrected chi connectivity index (χ1v) is 6.87. The summed E-state index contributed by atoms with van der Waals surface area (Å²) < 4.78 is 0. The van der Waals surface area contributed by atoms with Crippen LogP contribution in [0.4, 0.5) is 0 Å². The van der Waals surface area contributed by atoms with Crippen molar-refractivity contribution in [2.45, 2.75) is 12.8 Å². The molecule has 0 unspecified atom stereocenters. The van der Waals surface area contributed by atoms with Crippen molar-refractivity contribution in [2.75, 3.05) is 13.6 Å². The Bertz CT molecular complexity index is 689. The predicted octanol–water partition coefficient (Wildman–Crippen LogP) is -1.81. The van der Waals surface area contributed by atoms with Gasteiger partial charge in [0.25, 0.3) is 23.6 Å². The van der Waals surface area contributed by atoms with E-state index in [0.717, 1.165) is 23.1 Å². The van der Waals surface area contributed by atoms with Gasteiger partial charge in [0, 0.05) is 43.8 Å². The zero-order chi connectivity index (χ0) is 17.9. The summed E-state index contributed by atoms with van der Waals surface area (Å²) in [5.74, 6) is -4.39. The monoisotopic (exact) mass is 335 g/mol. The fourth-order valence-corrected chi connectivity index (χ4v) is 2.01. The van der Waals surface area contributed by atoms with Crippen LogP contribution in [0.1, 0.15) is 12.8 Å². The van der Waals surface area contributed by atoms with E-state index in [0.29, 0.717) is 0 Å². The molecule has 10 heteroatoms. The molecule has 0 saturated heterocycles. The van der Waals surface area contributed by atoms with Gasteiger partial charge < -0.3 is 10.2 Å². The molecule has 2 aliphatic heterocycles. The zero-order valence-electron chi connectivity index (χ0n) is 12.6. The Morgan fingerprint density at radius 1 is 1.08 bits per heavy atom. The zero-order valence-corrected chi connectivity index (χ0v) is 12.6. The Hall–Kier alpha value is -3.30. The van der Waals surface area contributed by atoms with E-state index in [1.165, 1.54) is 7.05 Å². The molecule has 0 aromatic rings. The standard InChI is InChI=1S/C14H13N3O7/c1-15-9(18)4-5-16-12(21)6-8(14(16)23)7-13(22)24-17-10(19)2-3-11(17)20/h2-3,6H,4-5,7H2,1H3,(H,15,18). The lowest BCUT2D eigenvalue weighted by atomic mass is 10.2. The summed E-state index contributed by atoms with van der Waals surface area (Å²) >= 11 is 0. The molecule has 0 saturated carbocycles. The van der Waals surface area contributed by atoms with Gasteiger partial charge in [0.2, 0.25) is 5.91 Å². The van der Waals surface area contributed by atoms with Crippen LogP contribution in [-0.2, 0) is 33.6 Å². The highest BCUT2D eigenvalue weighted by Gasteiger charge is 2.34. The molecule has 0 aromatic heterocycles. The van der Waals surface area contributed by atoms with E-state index in [1.807, 2.05) is 0 Å². The first kappa shape index (κ1) is 17.1. The molecular weight excluding hydrogens is 322 g/mol. The van der Waals surface area contributed by atoms with E-state index < -0.39 is 36.0 Å². The van der Waals surface area contributed by atoms with Crippen LogP contribution in [0.5, 0.6) is 0 Å². The molecule has 1 N–H and O–H groups in total. The lowest BCUT2D eigenvalue weighted by Gasteiger charge is -2.15. The second kappa shape index (κ2) is 6.86. The summed E-state index contributed by atoms with van der Waals surface area (Å²) in [7, 11) is 1.42. The van der Waals surface area contributed by atoms with Crippen molar-refractivity contribution in [1.82, 2.24) is 15.3 Å². The fraction of sp³-hybridized carbons (Fsp3) is 0.286. The Labute approximate surface area is 135 Å². The molecule has 0 radical (unpaired) electrons. The third-order valence-corrected chi connectivity index (χ3v) is 3.22. The normalized spacial score (nSPS) is 16.8. The van der Waals surface area contributed by atoms with Gasteiger partial charge in [-0.25, -0.2) is 4.79 Å². The van der Waals surface area contributed by atoms with Crippen LogP contribution in [0.15, 0.2) is 23.8 Å². The van der Waals surface area contributed by atoms with Gasteiger partial charge in [-0.1, -0.05) is 5.06 Å². The minimum absolute atomic E-state index is 0.0675. The quantitative estimate of drug-likeness (QED) is 0.566. The summed E-state index contributed by atoms with van der Waals surface area (Å²) in [6.45, 7) is -0.126. The second-order valence-corrected chi connectivity index (χ2v) is 4.83. The van der Waals surface area contributed by atoms with Crippen molar-refractivity contribution in [3.63, 3.8) is 0 Å². The SMILES string of the molecule is CNC(=O)CCN1C(=O)C=C(CC(=O)ON2C(=O)C=CC2=O)C1=O. The smallest absolute Gasteiger partial charge is 0.337 e. The van der Waals surface area contributed by atoms with Crippen molar-refractivity contribution in [3.8, 4) is 0 Å². The maximum absolute atomic E-state index is 12.1. The Morgan fingerprint density at radius 3 is 2.29 bits per heavy atom. The van der Waals surface area contributed by atoms with E-state index >= 15 is 0 Å². The summed E-state index contributed by atoms with van der Waals surface area (Å²) in [4.78, 5) is 74.6. The molecule has 24 heavy (non-hydrogen) atoms. The van der Waals surface area contributed by atoms with Gasteiger partial charge in [0.15, 0.2) is 0 Å². The summed E-state index contributed by atoms with van der Waals surface area (Å²) in [5.41, 5.74) is -0.144. The molecule has 0 bridgehead atoms. The van der Waals surface area contributed by atoms with E-state index in [4.69, 9.17) is 0 Å². The van der Waals surface area contributed by atoms with E-state index in [2.05, 4.69) is 10.2 Å². The van der Waals surface area contributed by atoms with Gasteiger partial charge in [-0.2, -0.15) is 0 Å². The number of hydrogen-bond acceptors (Lipinski definition) is 7. The number of hydrogen-bond donors (Lipinski definition) is 1. The highest BCUT2D eigenvalue weighted by molar-refractivity contribution is 6.18. The van der Waals surface area contributed by atoms with E-state index in [9.17, 15) is 28.8 Å². The van der Waals surface area contributed by atoms with Gasteiger partial charge in [-0.3, -0.25) is 28.9 Å². The van der Waals surface area contributed by atoms with Crippen LogP contribution in [0.25, 0.3) is 0 Å². The van der Waals surface area contributed by atoms with Crippen LogP contribution in [0.3, 0.4) is 0 Å². The molecule has 0 aliphatic carbocycles. The Kier molecular flexibility index (Phi) is 4.87. The first-order chi connectivity index (χ1) is 11.3. The average molecular weight is 335 g/mol. The van der Waals surface area contributed by atoms with Crippen molar-refractivity contribution in [3.05, 3.63) is 23.8 Å². The molecule has 126 valence electrons. The number of carbonyl (C=O) groups excluding carboxylic acids is 6. The van der Waals surface area contributed by atoms with Crippen LogP contribution in [0, 0.1) is 0 Å². The molecule has 0 fully saturated rings. The molecule has 2 rings (SSSR count). The number of nitrogens with one attached hydrogen (secondary N) is 1. The molecule has 0 spiro atoms. The minimum Gasteiger partial charge on any atom is -0.359 e. The van der Waals surface area contributed by atoms with Crippen molar-refractivity contribution < 1.29 is 33.6 Å². The number of carbonyl (C=O) groups is 6.